The Bertz CT molecular complexity index is 467. The molecule has 0 aliphatic carbocycles. The number of para-hydroxylation sites is 1. The van der Waals surface area contributed by atoms with E-state index < -0.39 is 0 Å². The van der Waals surface area contributed by atoms with Crippen molar-refractivity contribution < 1.29 is 13.9 Å². The Morgan fingerprint density at radius 2 is 2.29 bits per heavy atom. The molecule has 0 saturated carbocycles. The van der Waals surface area contributed by atoms with E-state index in [1.165, 1.54) is 0 Å². The highest BCUT2D eigenvalue weighted by atomic mass is 19.1. The van der Waals surface area contributed by atoms with E-state index in [2.05, 4.69) is 5.32 Å². The Hall–Kier alpha value is -1.62. The molecule has 2 rings (SSSR count). The number of hydrogen-bond donors (Lipinski definition) is 1. The molecule has 1 heterocycles. The summed E-state index contributed by atoms with van der Waals surface area (Å²) in [6.07, 6.45) is 1.89. The zero-order valence-electron chi connectivity index (χ0n) is 12.5. The van der Waals surface area contributed by atoms with Crippen molar-refractivity contribution in [3.63, 3.8) is 0 Å². The Morgan fingerprint density at radius 3 is 3.05 bits per heavy atom. The van der Waals surface area contributed by atoms with Crippen LogP contribution in [0.3, 0.4) is 0 Å². The van der Waals surface area contributed by atoms with Crippen LogP contribution >= 0.6 is 0 Å². The summed E-state index contributed by atoms with van der Waals surface area (Å²) in [7, 11) is 1.62. The number of carbonyl (C=O) groups is 1. The molecule has 1 amide bonds. The first-order valence-corrected chi connectivity index (χ1v) is 7.40. The maximum Gasteiger partial charge on any atom is 0.234 e. The smallest absolute Gasteiger partial charge is 0.234 e. The second-order valence-electron chi connectivity index (χ2n) is 5.49. The van der Waals surface area contributed by atoms with Gasteiger partial charge in [0.1, 0.15) is 5.75 Å². The van der Waals surface area contributed by atoms with Crippen LogP contribution in [0, 0.1) is 5.92 Å². The lowest BCUT2D eigenvalue weighted by molar-refractivity contribution is -0.122. The topological polar surface area (TPSA) is 41.6 Å². The van der Waals surface area contributed by atoms with Gasteiger partial charge in [-0.1, -0.05) is 18.2 Å². The van der Waals surface area contributed by atoms with Crippen LogP contribution in [-0.2, 0) is 11.3 Å². The molecule has 21 heavy (non-hydrogen) atoms. The third-order valence-corrected chi connectivity index (χ3v) is 3.86. The first-order chi connectivity index (χ1) is 10.2. The van der Waals surface area contributed by atoms with Crippen molar-refractivity contribution in [3.05, 3.63) is 29.8 Å². The van der Waals surface area contributed by atoms with E-state index >= 15 is 0 Å². The zero-order chi connectivity index (χ0) is 15.1. The highest BCUT2D eigenvalue weighted by Crippen LogP contribution is 2.17. The van der Waals surface area contributed by atoms with Gasteiger partial charge in [-0.25, -0.2) is 0 Å². The fourth-order valence-electron chi connectivity index (χ4n) is 2.72. The third-order valence-electron chi connectivity index (χ3n) is 3.86. The van der Waals surface area contributed by atoms with Gasteiger partial charge in [-0.05, 0) is 25.5 Å². The number of carbonyl (C=O) groups excluding carboxylic acids is 1. The van der Waals surface area contributed by atoms with Crippen LogP contribution in [0.4, 0.5) is 4.39 Å². The second-order valence-corrected chi connectivity index (χ2v) is 5.49. The lowest BCUT2D eigenvalue weighted by Gasteiger charge is -2.30. The predicted molar refractivity (Wildman–Crippen MR) is 80.0 cm³/mol. The number of amides is 1. The van der Waals surface area contributed by atoms with Gasteiger partial charge in [0.05, 0.1) is 20.3 Å². The molecule has 1 N–H and O–H groups in total. The minimum Gasteiger partial charge on any atom is -0.496 e. The van der Waals surface area contributed by atoms with Gasteiger partial charge in [-0.15, -0.1) is 0 Å². The number of nitrogens with one attached hydrogen (secondary N) is 1. The number of alkyl halides is 1. The summed E-state index contributed by atoms with van der Waals surface area (Å²) >= 11 is 0. The summed E-state index contributed by atoms with van der Waals surface area (Å²) in [5, 5.41) is 2.90. The van der Waals surface area contributed by atoms with Gasteiger partial charge in [0.25, 0.3) is 0 Å². The minimum atomic E-state index is -0.292. The zero-order valence-corrected chi connectivity index (χ0v) is 12.5. The number of ether oxygens (including phenoxy) is 1. The lowest BCUT2D eigenvalue weighted by atomic mass is 9.99. The average molecular weight is 294 g/mol. The van der Waals surface area contributed by atoms with E-state index in [0.29, 0.717) is 19.6 Å². The van der Waals surface area contributed by atoms with E-state index in [9.17, 15) is 9.18 Å². The SMILES string of the molecule is COc1ccccc1CNC(=O)CN1CCCC(CF)C1. The number of hydrogen-bond acceptors (Lipinski definition) is 3. The van der Waals surface area contributed by atoms with E-state index in [-0.39, 0.29) is 18.5 Å². The summed E-state index contributed by atoms with van der Waals surface area (Å²) < 4.78 is 18.0. The fourth-order valence-corrected chi connectivity index (χ4v) is 2.72. The first kappa shape index (κ1) is 15.8. The first-order valence-electron chi connectivity index (χ1n) is 7.40. The molecule has 116 valence electrons. The molecule has 1 aliphatic rings. The second kappa shape index (κ2) is 7.98. The summed E-state index contributed by atoms with van der Waals surface area (Å²) in [6.45, 7) is 2.05. The molecule has 1 saturated heterocycles. The molecule has 0 aromatic heterocycles. The molecule has 1 aromatic rings. The van der Waals surface area contributed by atoms with Gasteiger partial charge in [-0.2, -0.15) is 0 Å². The molecule has 0 spiro atoms. The standard InChI is InChI=1S/C16H23FN2O2/c1-21-15-7-3-2-6-14(15)10-18-16(20)12-19-8-4-5-13(9-17)11-19/h2-3,6-7,13H,4-5,8-12H2,1H3,(H,18,20). The van der Waals surface area contributed by atoms with E-state index in [1.807, 2.05) is 29.2 Å². The summed E-state index contributed by atoms with van der Waals surface area (Å²) in [5.41, 5.74) is 0.952. The van der Waals surface area contributed by atoms with Gasteiger partial charge in [0, 0.05) is 24.6 Å². The summed E-state index contributed by atoms with van der Waals surface area (Å²) in [5.74, 6) is 0.828. The van der Waals surface area contributed by atoms with Gasteiger partial charge in [-0.3, -0.25) is 14.1 Å². The molecular formula is C16H23FN2O2. The van der Waals surface area contributed by atoms with Crippen LogP contribution in [0.2, 0.25) is 0 Å². The van der Waals surface area contributed by atoms with Crippen LogP contribution in [0.15, 0.2) is 24.3 Å². The van der Waals surface area contributed by atoms with Gasteiger partial charge in [0.2, 0.25) is 5.91 Å². The highest BCUT2D eigenvalue weighted by molar-refractivity contribution is 5.78. The number of methoxy groups -OCH3 is 1. The molecule has 5 heteroatoms. The number of benzene rings is 1. The van der Waals surface area contributed by atoms with Crippen molar-refractivity contribution >= 4 is 5.91 Å². The average Bonchev–Trinajstić information content (AvgIpc) is 2.53. The molecule has 1 atom stereocenters. The van der Waals surface area contributed by atoms with Crippen molar-refractivity contribution in [2.45, 2.75) is 19.4 Å². The highest BCUT2D eigenvalue weighted by Gasteiger charge is 2.21. The fraction of sp³-hybridized carbons (Fsp3) is 0.562. The Kier molecular flexibility index (Phi) is 5.99. The third kappa shape index (κ3) is 4.70. The maximum atomic E-state index is 12.7. The van der Waals surface area contributed by atoms with E-state index in [0.717, 1.165) is 30.7 Å². The van der Waals surface area contributed by atoms with Crippen molar-refractivity contribution in [2.24, 2.45) is 5.92 Å². The minimum absolute atomic E-state index is 0.0274. The molecule has 0 radical (unpaired) electrons. The van der Waals surface area contributed by atoms with Gasteiger partial charge < -0.3 is 10.1 Å². The number of halogens is 1. The van der Waals surface area contributed by atoms with E-state index in [1.54, 1.807) is 7.11 Å². The summed E-state index contributed by atoms with van der Waals surface area (Å²) in [6, 6.07) is 7.62. The molecule has 1 aromatic carbocycles. The summed E-state index contributed by atoms with van der Waals surface area (Å²) in [4.78, 5) is 14.0. The Morgan fingerprint density at radius 1 is 1.48 bits per heavy atom. The van der Waals surface area contributed by atoms with E-state index in [4.69, 9.17) is 4.74 Å². The molecule has 1 aliphatic heterocycles. The lowest BCUT2D eigenvalue weighted by Crippen LogP contribution is -2.42. The number of rotatable bonds is 6. The molecule has 4 nitrogen and oxygen atoms in total. The van der Waals surface area contributed by atoms with Crippen molar-refractivity contribution in [1.82, 2.24) is 10.2 Å². The quantitative estimate of drug-likeness (QED) is 0.872. The number of likely N-dealkylation sites (tertiary alicyclic amines) is 1. The monoisotopic (exact) mass is 294 g/mol. The van der Waals surface area contributed by atoms with Crippen LogP contribution < -0.4 is 10.1 Å². The molecular weight excluding hydrogens is 271 g/mol. The Labute approximate surface area is 125 Å². The molecule has 0 bridgehead atoms. The number of nitrogens with zero attached hydrogens (tertiary/aromatic N) is 1. The number of piperidine rings is 1. The van der Waals surface area contributed by atoms with Crippen molar-refractivity contribution in [3.8, 4) is 5.75 Å². The van der Waals surface area contributed by atoms with Crippen LogP contribution in [0.1, 0.15) is 18.4 Å². The Balaban J connectivity index is 1.79. The van der Waals surface area contributed by atoms with Gasteiger partial charge >= 0.3 is 0 Å². The van der Waals surface area contributed by atoms with Crippen LogP contribution in [-0.4, -0.2) is 44.2 Å². The predicted octanol–water partition coefficient (Wildman–Crippen LogP) is 1.99. The largest absolute Gasteiger partial charge is 0.496 e. The van der Waals surface area contributed by atoms with Crippen LogP contribution in [0.5, 0.6) is 5.75 Å². The van der Waals surface area contributed by atoms with Gasteiger partial charge in [0.15, 0.2) is 0 Å². The maximum absolute atomic E-state index is 12.7. The van der Waals surface area contributed by atoms with Crippen molar-refractivity contribution in [2.75, 3.05) is 33.4 Å². The van der Waals surface area contributed by atoms with Crippen LogP contribution in [0.25, 0.3) is 0 Å². The molecule has 1 fully saturated rings. The molecule has 1 unspecified atom stereocenters. The normalized spacial score (nSPS) is 19.2. The van der Waals surface area contributed by atoms with Crippen molar-refractivity contribution in [1.29, 1.82) is 0 Å².